The van der Waals surface area contributed by atoms with Gasteiger partial charge in [-0.05, 0) is 41.8 Å². The minimum atomic E-state index is 0.483. The van der Waals surface area contributed by atoms with Gasteiger partial charge < -0.3 is 14.2 Å². The first kappa shape index (κ1) is 17.8. The highest BCUT2D eigenvalue weighted by Gasteiger charge is 2.23. The summed E-state index contributed by atoms with van der Waals surface area (Å²) in [4.78, 5) is 14.0. The number of fused-ring (bicyclic) bond motifs is 2. The Labute approximate surface area is 172 Å². The molecule has 0 aliphatic carbocycles. The standard InChI is InChI=1S/C21H21ClN4OS/c1-13(2)14-3-6-18-17(11-14)23-20(27-18)25-7-9-26(10-8-25)21-24-16-5-4-15(22)12-19(16)28-21/h3-6,11-13H,7-10H2,1-2H3. The minimum Gasteiger partial charge on any atom is -0.423 e. The van der Waals surface area contributed by atoms with E-state index in [1.165, 1.54) is 5.56 Å². The number of oxazole rings is 1. The third kappa shape index (κ3) is 3.20. The Morgan fingerprint density at radius 1 is 0.964 bits per heavy atom. The van der Waals surface area contributed by atoms with Crippen LogP contribution in [-0.4, -0.2) is 36.1 Å². The predicted octanol–water partition coefficient (Wildman–Crippen LogP) is 5.54. The zero-order valence-electron chi connectivity index (χ0n) is 15.9. The summed E-state index contributed by atoms with van der Waals surface area (Å²) in [6.45, 7) is 7.89. The Morgan fingerprint density at radius 2 is 1.75 bits per heavy atom. The summed E-state index contributed by atoms with van der Waals surface area (Å²) >= 11 is 7.80. The van der Waals surface area contributed by atoms with Crippen LogP contribution in [0.4, 0.5) is 11.1 Å². The van der Waals surface area contributed by atoms with Crippen LogP contribution in [0.1, 0.15) is 25.3 Å². The Balaban J connectivity index is 1.33. The second-order valence-corrected chi connectivity index (χ2v) is 8.91. The molecule has 1 fully saturated rings. The fourth-order valence-electron chi connectivity index (χ4n) is 3.54. The largest absolute Gasteiger partial charge is 0.423 e. The van der Waals surface area contributed by atoms with Crippen LogP contribution in [0, 0.1) is 0 Å². The van der Waals surface area contributed by atoms with Crippen molar-refractivity contribution in [2.24, 2.45) is 0 Å². The van der Waals surface area contributed by atoms with Crippen molar-refractivity contribution in [2.75, 3.05) is 36.0 Å². The molecule has 3 heterocycles. The van der Waals surface area contributed by atoms with Gasteiger partial charge in [-0.15, -0.1) is 0 Å². The molecule has 0 saturated carbocycles. The van der Waals surface area contributed by atoms with E-state index in [0.29, 0.717) is 11.9 Å². The lowest BCUT2D eigenvalue weighted by atomic mass is 10.0. The number of rotatable bonds is 3. The maximum atomic E-state index is 6.10. The number of aromatic nitrogens is 2. The maximum Gasteiger partial charge on any atom is 0.298 e. The number of piperazine rings is 1. The highest BCUT2D eigenvalue weighted by molar-refractivity contribution is 7.22. The summed E-state index contributed by atoms with van der Waals surface area (Å²) in [6.07, 6.45) is 0. The number of thiazole rings is 1. The molecular weight excluding hydrogens is 392 g/mol. The Bertz CT molecular complexity index is 1140. The highest BCUT2D eigenvalue weighted by atomic mass is 35.5. The van der Waals surface area contributed by atoms with Crippen molar-refractivity contribution < 1.29 is 4.42 Å². The molecule has 4 aromatic rings. The lowest BCUT2D eigenvalue weighted by Gasteiger charge is -2.33. The summed E-state index contributed by atoms with van der Waals surface area (Å²) in [5.74, 6) is 0.483. The van der Waals surface area contributed by atoms with Gasteiger partial charge in [0.05, 0.1) is 10.2 Å². The van der Waals surface area contributed by atoms with Crippen LogP contribution in [-0.2, 0) is 0 Å². The number of benzene rings is 2. The smallest absolute Gasteiger partial charge is 0.298 e. The van der Waals surface area contributed by atoms with Gasteiger partial charge in [0.2, 0.25) is 0 Å². The molecule has 0 bridgehead atoms. The Hall–Kier alpha value is -2.31. The van der Waals surface area contributed by atoms with Crippen LogP contribution in [0.3, 0.4) is 0 Å². The molecule has 0 amide bonds. The average molecular weight is 413 g/mol. The lowest BCUT2D eigenvalue weighted by Crippen LogP contribution is -2.46. The second kappa shape index (κ2) is 6.94. The summed E-state index contributed by atoms with van der Waals surface area (Å²) in [7, 11) is 0. The van der Waals surface area contributed by atoms with Gasteiger partial charge in [0.25, 0.3) is 6.01 Å². The molecule has 7 heteroatoms. The van der Waals surface area contributed by atoms with E-state index in [1.54, 1.807) is 11.3 Å². The first-order valence-corrected chi connectivity index (χ1v) is 10.7. The molecular formula is C21H21ClN4OS. The van der Waals surface area contributed by atoms with Gasteiger partial charge in [0.1, 0.15) is 5.52 Å². The zero-order chi connectivity index (χ0) is 19.3. The SMILES string of the molecule is CC(C)c1ccc2oc(N3CCN(c4nc5ccc(Cl)cc5s4)CC3)nc2c1. The second-order valence-electron chi connectivity index (χ2n) is 7.46. The molecule has 1 aliphatic heterocycles. The number of hydrogen-bond donors (Lipinski definition) is 0. The molecule has 144 valence electrons. The summed E-state index contributed by atoms with van der Waals surface area (Å²) < 4.78 is 7.14. The number of halogens is 1. The van der Waals surface area contributed by atoms with Gasteiger partial charge in [-0.2, -0.15) is 4.98 Å². The molecule has 1 aliphatic rings. The van der Waals surface area contributed by atoms with E-state index in [0.717, 1.165) is 57.6 Å². The van der Waals surface area contributed by atoms with E-state index in [4.69, 9.17) is 26.0 Å². The van der Waals surface area contributed by atoms with E-state index in [2.05, 4.69) is 35.8 Å². The van der Waals surface area contributed by atoms with Crippen LogP contribution < -0.4 is 9.80 Å². The monoisotopic (exact) mass is 412 g/mol. The number of anilines is 2. The van der Waals surface area contributed by atoms with Gasteiger partial charge in [0.15, 0.2) is 10.7 Å². The van der Waals surface area contributed by atoms with Crippen LogP contribution in [0.15, 0.2) is 40.8 Å². The first-order chi connectivity index (χ1) is 13.6. The fourth-order valence-corrected chi connectivity index (χ4v) is 4.83. The summed E-state index contributed by atoms with van der Waals surface area (Å²) in [5, 5.41) is 1.81. The molecule has 0 spiro atoms. The van der Waals surface area contributed by atoms with Crippen molar-refractivity contribution in [2.45, 2.75) is 19.8 Å². The van der Waals surface area contributed by atoms with E-state index in [1.807, 2.05) is 24.3 Å². The Kier molecular flexibility index (Phi) is 4.40. The van der Waals surface area contributed by atoms with E-state index >= 15 is 0 Å². The van der Waals surface area contributed by atoms with E-state index < -0.39 is 0 Å². The molecule has 5 rings (SSSR count). The van der Waals surface area contributed by atoms with Crippen molar-refractivity contribution in [3.8, 4) is 0 Å². The van der Waals surface area contributed by atoms with Crippen LogP contribution in [0.25, 0.3) is 21.3 Å². The van der Waals surface area contributed by atoms with E-state index in [9.17, 15) is 0 Å². The van der Waals surface area contributed by atoms with Crippen LogP contribution in [0.5, 0.6) is 0 Å². The molecule has 0 radical (unpaired) electrons. The van der Waals surface area contributed by atoms with Gasteiger partial charge in [0, 0.05) is 31.2 Å². The molecule has 2 aromatic heterocycles. The van der Waals surface area contributed by atoms with Gasteiger partial charge >= 0.3 is 0 Å². The summed E-state index contributed by atoms with van der Waals surface area (Å²) in [6, 6.07) is 12.9. The molecule has 2 aromatic carbocycles. The van der Waals surface area contributed by atoms with Crippen molar-refractivity contribution in [1.82, 2.24) is 9.97 Å². The first-order valence-electron chi connectivity index (χ1n) is 9.53. The fraction of sp³-hybridized carbons (Fsp3) is 0.333. The van der Waals surface area contributed by atoms with Crippen LogP contribution in [0.2, 0.25) is 5.02 Å². The van der Waals surface area contributed by atoms with Gasteiger partial charge in [-0.3, -0.25) is 0 Å². The number of hydrogen-bond acceptors (Lipinski definition) is 6. The third-order valence-electron chi connectivity index (χ3n) is 5.23. The Morgan fingerprint density at radius 3 is 2.54 bits per heavy atom. The van der Waals surface area contributed by atoms with Crippen LogP contribution >= 0.6 is 22.9 Å². The summed E-state index contributed by atoms with van der Waals surface area (Å²) in [5.41, 5.74) is 4.08. The van der Waals surface area contributed by atoms with Gasteiger partial charge in [-0.25, -0.2) is 4.98 Å². The molecule has 1 saturated heterocycles. The van der Waals surface area contributed by atoms with Crippen molar-refractivity contribution in [3.05, 3.63) is 47.0 Å². The maximum absolute atomic E-state index is 6.10. The number of nitrogens with zero attached hydrogens (tertiary/aromatic N) is 4. The van der Waals surface area contributed by atoms with E-state index in [-0.39, 0.29) is 0 Å². The van der Waals surface area contributed by atoms with Crippen molar-refractivity contribution in [3.63, 3.8) is 0 Å². The quantitative estimate of drug-likeness (QED) is 0.442. The zero-order valence-corrected chi connectivity index (χ0v) is 17.4. The molecule has 5 nitrogen and oxygen atoms in total. The highest BCUT2D eigenvalue weighted by Crippen LogP contribution is 2.32. The van der Waals surface area contributed by atoms with Crippen molar-refractivity contribution >= 4 is 55.4 Å². The molecule has 0 atom stereocenters. The predicted molar refractivity (Wildman–Crippen MR) is 117 cm³/mol. The van der Waals surface area contributed by atoms with Gasteiger partial charge in [-0.1, -0.05) is 42.9 Å². The minimum absolute atomic E-state index is 0.483. The molecule has 0 N–H and O–H groups in total. The topological polar surface area (TPSA) is 45.4 Å². The van der Waals surface area contributed by atoms with Crippen molar-refractivity contribution in [1.29, 1.82) is 0 Å². The molecule has 28 heavy (non-hydrogen) atoms. The normalized spacial score (nSPS) is 15.3. The average Bonchev–Trinajstić information content (AvgIpc) is 3.31. The molecule has 0 unspecified atom stereocenters. The third-order valence-corrected chi connectivity index (χ3v) is 6.54. The lowest BCUT2D eigenvalue weighted by molar-refractivity contribution is 0.541.